The zero-order valence-electron chi connectivity index (χ0n) is 9.01. The Hall–Kier alpha value is -0.610. The molecule has 1 aromatic carbocycles. The molecule has 0 heterocycles. The van der Waals surface area contributed by atoms with Crippen molar-refractivity contribution in [2.45, 2.75) is 26.8 Å². The number of benzene rings is 1. The van der Waals surface area contributed by atoms with Crippen molar-refractivity contribution in [3.05, 3.63) is 28.0 Å². The van der Waals surface area contributed by atoms with Crippen LogP contribution < -0.4 is 5.73 Å². The van der Waals surface area contributed by atoms with Crippen LogP contribution in [0.5, 0.6) is 5.75 Å². The molecule has 1 atom stereocenters. The smallest absolute Gasteiger partial charge is 0.141 e. The Morgan fingerprint density at radius 2 is 1.93 bits per heavy atom. The zero-order chi connectivity index (χ0) is 11.8. The summed E-state index contributed by atoms with van der Waals surface area (Å²) in [5, 5.41) is 9.75. The third kappa shape index (κ3) is 2.49. The molecule has 3 N–H and O–H groups in total. The third-order valence-electron chi connectivity index (χ3n) is 2.37. The Labute approximate surface area is 97.4 Å². The van der Waals surface area contributed by atoms with Crippen LogP contribution in [0.2, 0.25) is 0 Å². The second-order valence-corrected chi connectivity index (χ2v) is 5.44. The summed E-state index contributed by atoms with van der Waals surface area (Å²) in [6.07, 6.45) is 0. The minimum atomic E-state index is -0.489. The summed E-state index contributed by atoms with van der Waals surface area (Å²) in [4.78, 5) is 0. The lowest BCUT2D eigenvalue weighted by Crippen LogP contribution is -2.26. The molecule has 84 valence electrons. The molecule has 0 spiro atoms. The predicted octanol–water partition coefficient (Wildman–Crippen LogP) is 3.34. The number of nitrogens with two attached hydrogens (primary N) is 1. The standard InChI is InChI=1S/C11H15BrFNO/c1-11(2,3)10(14)6-4-5-7(13)8(12)9(6)15/h4-5,10,15H,14H2,1-3H3/t10-/m0/s1. The lowest BCUT2D eigenvalue weighted by molar-refractivity contribution is 0.316. The maximum atomic E-state index is 13.1. The predicted molar refractivity (Wildman–Crippen MR) is 62.1 cm³/mol. The number of hydrogen-bond donors (Lipinski definition) is 2. The summed E-state index contributed by atoms with van der Waals surface area (Å²) in [6, 6.07) is 2.48. The number of halogens is 2. The molecule has 0 aromatic heterocycles. The molecular formula is C11H15BrFNO. The second-order valence-electron chi connectivity index (χ2n) is 4.64. The van der Waals surface area contributed by atoms with Gasteiger partial charge in [0.05, 0.1) is 4.47 Å². The fourth-order valence-corrected chi connectivity index (χ4v) is 1.63. The topological polar surface area (TPSA) is 46.2 Å². The van der Waals surface area contributed by atoms with Crippen molar-refractivity contribution in [1.82, 2.24) is 0 Å². The van der Waals surface area contributed by atoms with Gasteiger partial charge in [-0.1, -0.05) is 26.8 Å². The SMILES string of the molecule is CC(C)(C)[C@@H](N)c1ccc(F)c(Br)c1O. The van der Waals surface area contributed by atoms with Gasteiger partial charge in [-0.05, 0) is 27.4 Å². The van der Waals surface area contributed by atoms with E-state index in [2.05, 4.69) is 15.9 Å². The highest BCUT2D eigenvalue weighted by molar-refractivity contribution is 9.10. The highest BCUT2D eigenvalue weighted by atomic mass is 79.9. The Balaban J connectivity index is 3.23. The highest BCUT2D eigenvalue weighted by Gasteiger charge is 2.26. The van der Waals surface area contributed by atoms with Gasteiger partial charge in [-0.3, -0.25) is 0 Å². The molecule has 0 fully saturated rings. The average Bonchev–Trinajstić information content (AvgIpc) is 2.12. The minimum Gasteiger partial charge on any atom is -0.506 e. The van der Waals surface area contributed by atoms with E-state index >= 15 is 0 Å². The first-order valence-electron chi connectivity index (χ1n) is 4.67. The van der Waals surface area contributed by atoms with Gasteiger partial charge in [-0.15, -0.1) is 0 Å². The fraction of sp³-hybridized carbons (Fsp3) is 0.455. The van der Waals surface area contributed by atoms with E-state index in [1.54, 1.807) is 0 Å². The summed E-state index contributed by atoms with van der Waals surface area (Å²) in [5.74, 6) is -0.602. The Morgan fingerprint density at radius 3 is 2.40 bits per heavy atom. The van der Waals surface area contributed by atoms with E-state index in [0.717, 1.165) is 0 Å². The van der Waals surface area contributed by atoms with Crippen LogP contribution in [0.15, 0.2) is 16.6 Å². The molecule has 15 heavy (non-hydrogen) atoms. The largest absolute Gasteiger partial charge is 0.506 e. The highest BCUT2D eigenvalue weighted by Crippen LogP contribution is 2.39. The summed E-state index contributed by atoms with van der Waals surface area (Å²) in [5.41, 5.74) is 6.35. The number of rotatable bonds is 1. The van der Waals surface area contributed by atoms with Crippen molar-refractivity contribution in [2.24, 2.45) is 11.1 Å². The Bertz CT molecular complexity index is 374. The molecule has 0 aliphatic rings. The monoisotopic (exact) mass is 275 g/mol. The summed E-state index contributed by atoms with van der Waals surface area (Å²) in [6.45, 7) is 5.90. The van der Waals surface area contributed by atoms with Crippen molar-refractivity contribution in [1.29, 1.82) is 0 Å². The van der Waals surface area contributed by atoms with E-state index in [9.17, 15) is 9.50 Å². The number of aromatic hydroxyl groups is 1. The van der Waals surface area contributed by atoms with Crippen molar-refractivity contribution in [2.75, 3.05) is 0 Å². The molecule has 0 saturated heterocycles. The molecule has 0 amide bonds. The molecule has 0 aliphatic carbocycles. The molecule has 1 rings (SSSR count). The maximum Gasteiger partial charge on any atom is 0.141 e. The summed E-state index contributed by atoms with van der Waals surface area (Å²) in [7, 11) is 0. The maximum absolute atomic E-state index is 13.1. The van der Waals surface area contributed by atoms with E-state index in [0.29, 0.717) is 5.56 Å². The molecule has 0 radical (unpaired) electrons. The van der Waals surface area contributed by atoms with Gasteiger partial charge >= 0.3 is 0 Å². The average molecular weight is 276 g/mol. The fourth-order valence-electron chi connectivity index (χ4n) is 1.27. The van der Waals surface area contributed by atoms with E-state index in [4.69, 9.17) is 5.73 Å². The molecular weight excluding hydrogens is 261 g/mol. The molecule has 0 unspecified atom stereocenters. The van der Waals surface area contributed by atoms with Gasteiger partial charge < -0.3 is 10.8 Å². The molecule has 1 aromatic rings. The minimum absolute atomic E-state index is 0.0692. The van der Waals surface area contributed by atoms with Crippen molar-refractivity contribution in [3.8, 4) is 5.75 Å². The molecule has 0 saturated carbocycles. The zero-order valence-corrected chi connectivity index (χ0v) is 10.6. The van der Waals surface area contributed by atoms with Crippen molar-refractivity contribution < 1.29 is 9.50 Å². The van der Waals surface area contributed by atoms with Crippen LogP contribution in [0, 0.1) is 11.2 Å². The number of phenolic OH excluding ortho intramolecular Hbond substituents is 1. The Kier molecular flexibility index (Phi) is 3.41. The normalized spacial score (nSPS) is 14.0. The van der Waals surface area contributed by atoms with Crippen molar-refractivity contribution >= 4 is 15.9 Å². The van der Waals surface area contributed by atoms with Gasteiger partial charge in [-0.25, -0.2) is 4.39 Å². The van der Waals surface area contributed by atoms with Crippen LogP contribution in [0.4, 0.5) is 4.39 Å². The van der Waals surface area contributed by atoms with Crippen LogP contribution in [0.3, 0.4) is 0 Å². The third-order valence-corrected chi connectivity index (χ3v) is 3.12. The first-order chi connectivity index (χ1) is 6.75. The van der Waals surface area contributed by atoms with Gasteiger partial charge in [0.15, 0.2) is 0 Å². The van der Waals surface area contributed by atoms with E-state index in [1.807, 2.05) is 20.8 Å². The Morgan fingerprint density at radius 1 is 1.40 bits per heavy atom. The van der Waals surface area contributed by atoms with Gasteiger partial charge in [0.2, 0.25) is 0 Å². The number of phenols is 1. The molecule has 0 bridgehead atoms. The van der Waals surface area contributed by atoms with Crippen LogP contribution in [-0.4, -0.2) is 5.11 Å². The van der Waals surface area contributed by atoms with Crippen LogP contribution in [-0.2, 0) is 0 Å². The molecule has 0 aliphatic heterocycles. The van der Waals surface area contributed by atoms with E-state index in [1.165, 1.54) is 12.1 Å². The quantitative estimate of drug-likeness (QED) is 0.826. The van der Waals surface area contributed by atoms with Crippen LogP contribution in [0.1, 0.15) is 32.4 Å². The molecule has 2 nitrogen and oxygen atoms in total. The van der Waals surface area contributed by atoms with Crippen molar-refractivity contribution in [3.63, 3.8) is 0 Å². The van der Waals surface area contributed by atoms with Gasteiger partial charge in [0.1, 0.15) is 11.6 Å². The van der Waals surface area contributed by atoms with E-state index in [-0.39, 0.29) is 21.7 Å². The van der Waals surface area contributed by atoms with E-state index < -0.39 is 5.82 Å². The van der Waals surface area contributed by atoms with Gasteiger partial charge in [0.25, 0.3) is 0 Å². The summed E-state index contributed by atoms with van der Waals surface area (Å²) < 4.78 is 13.1. The lowest BCUT2D eigenvalue weighted by Gasteiger charge is -2.28. The lowest BCUT2D eigenvalue weighted by atomic mass is 9.83. The summed E-state index contributed by atoms with van der Waals surface area (Å²) >= 11 is 2.98. The molecule has 4 heteroatoms. The van der Waals surface area contributed by atoms with Crippen LogP contribution in [0.25, 0.3) is 0 Å². The first-order valence-corrected chi connectivity index (χ1v) is 5.47. The van der Waals surface area contributed by atoms with Crippen LogP contribution >= 0.6 is 15.9 Å². The second kappa shape index (κ2) is 4.10. The van der Waals surface area contributed by atoms with Gasteiger partial charge in [0, 0.05) is 11.6 Å². The first kappa shape index (κ1) is 12.5. The van der Waals surface area contributed by atoms with Gasteiger partial charge in [-0.2, -0.15) is 0 Å². The number of hydrogen-bond acceptors (Lipinski definition) is 2.